The van der Waals surface area contributed by atoms with Gasteiger partial charge in [-0.25, -0.2) is 0 Å². The van der Waals surface area contributed by atoms with Crippen molar-refractivity contribution in [1.82, 2.24) is 0 Å². The van der Waals surface area contributed by atoms with Crippen molar-refractivity contribution in [3.05, 3.63) is 86.9 Å². The maximum atomic E-state index is 13.5. The summed E-state index contributed by atoms with van der Waals surface area (Å²) in [5.74, 6) is -0.221. The Morgan fingerprint density at radius 3 is 2.16 bits per heavy atom. The molecule has 1 heterocycles. The molecular weight excluding hydrogens is 538 g/mol. The third kappa shape index (κ3) is 4.93. The Morgan fingerprint density at radius 1 is 0.919 bits per heavy atom. The van der Waals surface area contributed by atoms with E-state index in [1.165, 1.54) is 12.0 Å². The number of nitrogens with zero attached hydrogens (tertiary/aromatic N) is 1. The van der Waals surface area contributed by atoms with E-state index in [4.69, 9.17) is 14.2 Å². The number of benzene rings is 3. The highest BCUT2D eigenvalue weighted by Gasteiger charge is 2.47. The highest BCUT2D eigenvalue weighted by atomic mass is 79.9. The molecule has 0 radical (unpaired) electrons. The van der Waals surface area contributed by atoms with Gasteiger partial charge in [-0.05, 0) is 95.9 Å². The molecule has 1 atom stereocenters. The van der Waals surface area contributed by atoms with E-state index in [-0.39, 0.29) is 11.3 Å². The Morgan fingerprint density at radius 2 is 1.57 bits per heavy atom. The van der Waals surface area contributed by atoms with Crippen molar-refractivity contribution in [3.8, 4) is 17.2 Å². The largest absolute Gasteiger partial charge is 0.507 e. The number of hydrogen-bond acceptors (Lipinski definition) is 6. The molecule has 1 aliphatic rings. The number of methoxy groups -OCH3 is 2. The molecule has 3 aromatic rings. The summed E-state index contributed by atoms with van der Waals surface area (Å²) in [5.41, 5.74) is 3.40. The lowest BCUT2D eigenvalue weighted by Gasteiger charge is -2.27. The van der Waals surface area contributed by atoms with Crippen molar-refractivity contribution in [2.75, 3.05) is 25.7 Å². The van der Waals surface area contributed by atoms with Crippen LogP contribution >= 0.6 is 15.9 Å². The third-order valence-corrected chi connectivity index (χ3v) is 6.78. The van der Waals surface area contributed by atoms with E-state index in [0.717, 1.165) is 11.1 Å². The summed E-state index contributed by atoms with van der Waals surface area (Å²) < 4.78 is 17.1. The fraction of sp³-hybridized carbons (Fsp3) is 0.241. The molecule has 1 amide bonds. The summed E-state index contributed by atoms with van der Waals surface area (Å²) in [5, 5.41) is 11.4. The standard InChI is InChI=1S/C29H28BrNO6/c1-6-37-24-15-18(7-10-23(24)36-5)26-25(27(32)19-8-9-22(35-4)21(30)14-19)28(33)29(34)31(26)20-12-16(2)11-17(3)13-20/h7-15,26,32H,6H2,1-5H3/b27-25-. The number of carbonyl (C=O) groups is 2. The zero-order chi connectivity index (χ0) is 26.9. The van der Waals surface area contributed by atoms with Gasteiger partial charge in [0.2, 0.25) is 0 Å². The second-order valence-corrected chi connectivity index (χ2v) is 9.56. The summed E-state index contributed by atoms with van der Waals surface area (Å²) in [6.07, 6.45) is 0. The Balaban J connectivity index is 1.98. The topological polar surface area (TPSA) is 85.3 Å². The first-order chi connectivity index (χ1) is 17.7. The van der Waals surface area contributed by atoms with E-state index in [9.17, 15) is 14.7 Å². The monoisotopic (exact) mass is 565 g/mol. The number of aliphatic hydroxyl groups excluding tert-OH is 1. The summed E-state index contributed by atoms with van der Waals surface area (Å²) in [4.78, 5) is 28.4. The zero-order valence-electron chi connectivity index (χ0n) is 21.3. The lowest BCUT2D eigenvalue weighted by Crippen LogP contribution is -2.29. The van der Waals surface area contributed by atoms with Gasteiger partial charge in [0.15, 0.2) is 11.5 Å². The number of aryl methyl sites for hydroxylation is 2. The maximum absolute atomic E-state index is 13.5. The fourth-order valence-corrected chi connectivity index (χ4v) is 5.15. The van der Waals surface area contributed by atoms with E-state index < -0.39 is 17.7 Å². The molecule has 0 bridgehead atoms. The molecule has 0 aliphatic carbocycles. The number of ketones is 1. The quantitative estimate of drug-likeness (QED) is 0.211. The van der Waals surface area contributed by atoms with Crippen LogP contribution in [0.5, 0.6) is 17.2 Å². The lowest BCUT2D eigenvalue weighted by atomic mass is 9.94. The van der Waals surface area contributed by atoms with Crippen LogP contribution in [0.1, 0.15) is 35.2 Å². The lowest BCUT2D eigenvalue weighted by molar-refractivity contribution is -0.132. The average Bonchev–Trinajstić information content (AvgIpc) is 3.13. The second kappa shape index (κ2) is 10.7. The van der Waals surface area contributed by atoms with Crippen molar-refractivity contribution in [2.45, 2.75) is 26.8 Å². The van der Waals surface area contributed by atoms with Crippen molar-refractivity contribution >= 4 is 39.1 Å². The van der Waals surface area contributed by atoms with Crippen LogP contribution in [-0.2, 0) is 9.59 Å². The molecule has 3 aromatic carbocycles. The van der Waals surface area contributed by atoms with Gasteiger partial charge in [0, 0.05) is 11.3 Å². The van der Waals surface area contributed by atoms with Gasteiger partial charge in [0.25, 0.3) is 11.7 Å². The van der Waals surface area contributed by atoms with Gasteiger partial charge in [-0.3, -0.25) is 14.5 Å². The Bertz CT molecular complexity index is 1390. The Labute approximate surface area is 224 Å². The van der Waals surface area contributed by atoms with Gasteiger partial charge in [0.1, 0.15) is 11.5 Å². The maximum Gasteiger partial charge on any atom is 0.300 e. The highest BCUT2D eigenvalue weighted by Crippen LogP contribution is 2.45. The highest BCUT2D eigenvalue weighted by molar-refractivity contribution is 9.10. The van der Waals surface area contributed by atoms with Crippen LogP contribution < -0.4 is 19.1 Å². The average molecular weight is 566 g/mol. The molecule has 192 valence electrons. The van der Waals surface area contributed by atoms with Crippen LogP contribution in [0.25, 0.3) is 5.76 Å². The van der Waals surface area contributed by atoms with Crippen LogP contribution in [-0.4, -0.2) is 37.6 Å². The van der Waals surface area contributed by atoms with E-state index >= 15 is 0 Å². The number of ether oxygens (including phenoxy) is 3. The number of Topliss-reactive ketones (excluding diaryl/α,β-unsaturated/α-hetero) is 1. The van der Waals surface area contributed by atoms with Crippen molar-refractivity contribution in [1.29, 1.82) is 0 Å². The first-order valence-corrected chi connectivity index (χ1v) is 12.5. The van der Waals surface area contributed by atoms with Gasteiger partial charge in [-0.1, -0.05) is 12.1 Å². The van der Waals surface area contributed by atoms with Crippen LogP contribution in [0.4, 0.5) is 5.69 Å². The van der Waals surface area contributed by atoms with Crippen molar-refractivity contribution < 1.29 is 28.9 Å². The molecule has 1 fully saturated rings. The molecule has 8 heteroatoms. The van der Waals surface area contributed by atoms with E-state index in [0.29, 0.717) is 45.1 Å². The molecule has 1 unspecified atom stereocenters. The van der Waals surface area contributed by atoms with Crippen LogP contribution in [0.15, 0.2) is 64.6 Å². The summed E-state index contributed by atoms with van der Waals surface area (Å²) in [7, 11) is 3.08. The predicted molar refractivity (Wildman–Crippen MR) is 146 cm³/mol. The van der Waals surface area contributed by atoms with Gasteiger partial charge in [-0.2, -0.15) is 0 Å². The number of anilines is 1. The number of carbonyl (C=O) groups excluding carboxylic acids is 2. The number of halogens is 1. The number of aliphatic hydroxyl groups is 1. The van der Waals surface area contributed by atoms with Crippen LogP contribution in [0.2, 0.25) is 0 Å². The summed E-state index contributed by atoms with van der Waals surface area (Å²) >= 11 is 3.43. The minimum Gasteiger partial charge on any atom is -0.507 e. The fourth-order valence-electron chi connectivity index (χ4n) is 4.60. The smallest absolute Gasteiger partial charge is 0.300 e. The van der Waals surface area contributed by atoms with E-state index in [2.05, 4.69) is 15.9 Å². The molecular formula is C29H28BrNO6. The Kier molecular flexibility index (Phi) is 7.59. The first-order valence-electron chi connectivity index (χ1n) is 11.7. The minimum atomic E-state index is -0.896. The zero-order valence-corrected chi connectivity index (χ0v) is 22.9. The second-order valence-electron chi connectivity index (χ2n) is 8.71. The molecule has 0 aromatic heterocycles. The van der Waals surface area contributed by atoms with E-state index in [1.54, 1.807) is 43.5 Å². The van der Waals surface area contributed by atoms with Gasteiger partial charge < -0.3 is 19.3 Å². The molecule has 37 heavy (non-hydrogen) atoms. The molecule has 1 N–H and O–H groups in total. The first kappa shape index (κ1) is 26.3. The third-order valence-electron chi connectivity index (χ3n) is 6.16. The summed E-state index contributed by atoms with van der Waals surface area (Å²) in [6.45, 7) is 6.11. The van der Waals surface area contributed by atoms with Gasteiger partial charge >= 0.3 is 0 Å². The van der Waals surface area contributed by atoms with Crippen molar-refractivity contribution in [2.24, 2.45) is 0 Å². The van der Waals surface area contributed by atoms with Crippen LogP contribution in [0, 0.1) is 13.8 Å². The number of amides is 1. The summed E-state index contributed by atoms with van der Waals surface area (Å²) in [6, 6.07) is 15.0. The number of hydrogen-bond donors (Lipinski definition) is 1. The SMILES string of the molecule is CCOc1cc(C2/C(=C(/O)c3ccc(OC)c(Br)c3)C(=O)C(=O)N2c2cc(C)cc(C)c2)ccc1OC. The minimum absolute atomic E-state index is 0.0196. The van der Waals surface area contributed by atoms with Gasteiger partial charge in [-0.15, -0.1) is 0 Å². The molecule has 1 aliphatic heterocycles. The molecule has 0 saturated carbocycles. The molecule has 7 nitrogen and oxygen atoms in total. The van der Waals surface area contributed by atoms with E-state index in [1.807, 2.05) is 39.0 Å². The predicted octanol–water partition coefficient (Wildman–Crippen LogP) is 6.11. The molecule has 4 rings (SSSR count). The number of rotatable bonds is 7. The normalized spacial score (nSPS) is 16.7. The molecule has 1 saturated heterocycles. The van der Waals surface area contributed by atoms with Gasteiger partial charge in [0.05, 0.1) is 36.9 Å². The van der Waals surface area contributed by atoms with Crippen molar-refractivity contribution in [3.63, 3.8) is 0 Å². The van der Waals surface area contributed by atoms with Crippen LogP contribution in [0.3, 0.4) is 0 Å². The molecule has 0 spiro atoms. The Hall–Kier alpha value is -3.78.